The van der Waals surface area contributed by atoms with Crippen LogP contribution in [-0.4, -0.2) is 30.9 Å². The molecule has 0 fully saturated rings. The summed E-state index contributed by atoms with van der Waals surface area (Å²) in [6.45, 7) is 18.5. The van der Waals surface area contributed by atoms with Gasteiger partial charge in [0.05, 0.1) is 19.8 Å². The summed E-state index contributed by atoms with van der Waals surface area (Å²) in [5.41, 5.74) is -0.629. The van der Waals surface area contributed by atoms with E-state index in [-0.39, 0.29) is 17.7 Å². The lowest BCUT2D eigenvalue weighted by Crippen LogP contribution is -2.47. The SMILES string of the molecule is CCOP1(=O)N=P(OCC)(OCC)N=P(NC(C)(C)C)(NC(C)(C)C)N1. The molecule has 0 amide bonds. The third-order valence-electron chi connectivity index (χ3n) is 2.64. The Morgan fingerprint density at radius 2 is 1.23 bits per heavy atom. The van der Waals surface area contributed by atoms with Gasteiger partial charge in [0, 0.05) is 11.1 Å². The first-order valence-corrected chi connectivity index (χ1v) is 13.8. The smallest absolute Gasteiger partial charge is 0.307 e. The molecule has 0 radical (unpaired) electrons. The lowest BCUT2D eigenvalue weighted by atomic mass is 10.1. The molecule has 0 aromatic rings. The van der Waals surface area contributed by atoms with E-state index in [4.69, 9.17) is 18.1 Å². The lowest BCUT2D eigenvalue weighted by molar-refractivity contribution is 0.258. The van der Waals surface area contributed by atoms with Gasteiger partial charge in [0.15, 0.2) is 7.51 Å². The van der Waals surface area contributed by atoms with Crippen molar-refractivity contribution in [1.82, 2.24) is 15.0 Å². The highest BCUT2D eigenvalue weighted by Crippen LogP contribution is 2.74. The van der Waals surface area contributed by atoms with Crippen LogP contribution in [0.2, 0.25) is 0 Å². The molecule has 0 spiro atoms. The summed E-state index contributed by atoms with van der Waals surface area (Å²) in [5, 5.41) is 6.98. The van der Waals surface area contributed by atoms with Crippen LogP contribution in [0.5, 0.6) is 0 Å². The monoisotopic (exact) mass is 431 g/mol. The first kappa shape index (κ1) is 24.5. The van der Waals surface area contributed by atoms with Gasteiger partial charge in [0.1, 0.15) is 0 Å². The van der Waals surface area contributed by atoms with E-state index in [1.54, 1.807) is 6.92 Å². The van der Waals surface area contributed by atoms with Crippen LogP contribution >= 0.6 is 22.8 Å². The molecule has 12 heteroatoms. The Kier molecular flexibility index (Phi) is 8.34. The van der Waals surface area contributed by atoms with E-state index in [0.29, 0.717) is 13.2 Å². The molecule has 1 aliphatic rings. The highest BCUT2D eigenvalue weighted by atomic mass is 31.3. The van der Waals surface area contributed by atoms with Crippen LogP contribution in [0, 0.1) is 0 Å². The Balaban J connectivity index is 3.70. The Morgan fingerprint density at radius 1 is 0.808 bits per heavy atom. The molecular weight excluding hydrogens is 395 g/mol. The fraction of sp³-hybridized carbons (Fsp3) is 1.00. The molecule has 0 aromatic heterocycles. The average Bonchev–Trinajstić information content (AvgIpc) is 2.32. The Morgan fingerprint density at radius 3 is 1.58 bits per heavy atom. The molecule has 1 rings (SSSR count). The van der Waals surface area contributed by atoms with Crippen LogP contribution in [0.25, 0.3) is 0 Å². The van der Waals surface area contributed by atoms with Crippen molar-refractivity contribution in [2.24, 2.45) is 9.03 Å². The minimum atomic E-state index is -3.58. The Hall–Kier alpha value is 0.450. The van der Waals surface area contributed by atoms with Crippen molar-refractivity contribution >= 4 is 22.8 Å². The van der Waals surface area contributed by atoms with Crippen molar-refractivity contribution in [2.45, 2.75) is 73.4 Å². The fourth-order valence-electron chi connectivity index (χ4n) is 2.36. The summed E-state index contributed by atoms with van der Waals surface area (Å²) in [6.07, 6.45) is 0. The molecular formula is C14H36N5O4P3. The van der Waals surface area contributed by atoms with E-state index in [9.17, 15) is 4.57 Å². The molecule has 0 saturated carbocycles. The third kappa shape index (κ3) is 7.46. The molecule has 9 nitrogen and oxygen atoms in total. The predicted molar refractivity (Wildman–Crippen MR) is 110 cm³/mol. The van der Waals surface area contributed by atoms with Crippen LogP contribution in [0.4, 0.5) is 0 Å². The summed E-state index contributed by atoms with van der Waals surface area (Å²) >= 11 is 0. The van der Waals surface area contributed by atoms with E-state index in [0.717, 1.165) is 0 Å². The maximum absolute atomic E-state index is 13.4. The van der Waals surface area contributed by atoms with Crippen LogP contribution in [0.3, 0.4) is 0 Å². The van der Waals surface area contributed by atoms with E-state index in [1.807, 2.05) is 55.4 Å². The second-order valence-corrected chi connectivity index (χ2v) is 14.6. The Labute approximate surface area is 158 Å². The summed E-state index contributed by atoms with van der Waals surface area (Å²) < 4.78 is 39.9. The number of nitrogens with zero attached hydrogens (tertiary/aromatic N) is 2. The molecule has 0 bridgehead atoms. The third-order valence-corrected chi connectivity index (χ3v) is 12.4. The van der Waals surface area contributed by atoms with Crippen molar-refractivity contribution < 1.29 is 18.1 Å². The average molecular weight is 431 g/mol. The quantitative estimate of drug-likeness (QED) is 0.437. The zero-order valence-corrected chi connectivity index (χ0v) is 20.2. The molecule has 1 atom stereocenters. The van der Waals surface area contributed by atoms with Crippen LogP contribution in [-0.2, 0) is 18.1 Å². The maximum atomic E-state index is 13.4. The molecule has 0 aliphatic carbocycles. The van der Waals surface area contributed by atoms with Gasteiger partial charge in [-0.25, -0.2) is 4.57 Å². The molecule has 1 unspecified atom stereocenters. The van der Waals surface area contributed by atoms with Gasteiger partial charge in [0.25, 0.3) is 0 Å². The van der Waals surface area contributed by atoms with Gasteiger partial charge in [-0.2, -0.15) is 9.37 Å². The van der Waals surface area contributed by atoms with E-state index < -0.39 is 22.8 Å². The fourth-order valence-corrected chi connectivity index (χ4v) is 13.0. The Bertz CT molecular complexity index is 609. The van der Waals surface area contributed by atoms with Gasteiger partial charge >= 0.3 is 15.3 Å². The van der Waals surface area contributed by atoms with Crippen molar-refractivity contribution in [1.29, 1.82) is 0 Å². The summed E-state index contributed by atoms with van der Waals surface area (Å²) in [5.74, 6) is 0. The van der Waals surface area contributed by atoms with Crippen molar-refractivity contribution in [3.8, 4) is 0 Å². The largest absolute Gasteiger partial charge is 0.397 e. The number of hydrogen-bond acceptors (Lipinski definition) is 7. The second kappa shape index (κ2) is 8.86. The summed E-state index contributed by atoms with van der Waals surface area (Å²) in [6, 6.07) is 0. The topological polar surface area (TPSA) is 106 Å². The molecule has 3 N–H and O–H groups in total. The van der Waals surface area contributed by atoms with E-state index in [2.05, 4.69) is 19.5 Å². The molecule has 0 saturated heterocycles. The van der Waals surface area contributed by atoms with Crippen LogP contribution in [0.15, 0.2) is 9.03 Å². The molecule has 156 valence electrons. The number of rotatable bonds is 8. The summed E-state index contributed by atoms with van der Waals surface area (Å²) in [4.78, 5) is 3.09. The molecule has 26 heavy (non-hydrogen) atoms. The predicted octanol–water partition coefficient (Wildman–Crippen LogP) is 5.48. The molecule has 1 aliphatic heterocycles. The maximum Gasteiger partial charge on any atom is 0.397 e. The minimum Gasteiger partial charge on any atom is -0.307 e. The van der Waals surface area contributed by atoms with Crippen molar-refractivity contribution in [3.05, 3.63) is 0 Å². The van der Waals surface area contributed by atoms with Gasteiger partial charge in [-0.3, -0.25) is 10.2 Å². The van der Waals surface area contributed by atoms with Crippen molar-refractivity contribution in [3.63, 3.8) is 0 Å². The molecule has 1 heterocycles. The van der Waals surface area contributed by atoms with Crippen LogP contribution < -0.4 is 15.0 Å². The second-order valence-electron chi connectivity index (χ2n) is 7.90. The van der Waals surface area contributed by atoms with E-state index >= 15 is 0 Å². The first-order chi connectivity index (χ1) is 11.7. The zero-order chi connectivity index (χ0) is 20.3. The summed E-state index contributed by atoms with van der Waals surface area (Å²) in [7, 11) is -9.47. The van der Waals surface area contributed by atoms with Gasteiger partial charge in [-0.15, -0.1) is 4.52 Å². The van der Waals surface area contributed by atoms with Gasteiger partial charge in [-0.1, -0.05) is 0 Å². The van der Waals surface area contributed by atoms with Gasteiger partial charge in [-0.05, 0) is 62.3 Å². The van der Waals surface area contributed by atoms with E-state index in [1.165, 1.54) is 0 Å². The normalized spacial score (nSPS) is 25.4. The van der Waals surface area contributed by atoms with Gasteiger partial charge in [0.2, 0.25) is 0 Å². The van der Waals surface area contributed by atoms with Crippen molar-refractivity contribution in [2.75, 3.05) is 19.8 Å². The first-order valence-electron chi connectivity index (χ1n) is 8.91. The number of hydrogen-bond donors (Lipinski definition) is 3. The highest BCUT2D eigenvalue weighted by molar-refractivity contribution is 7.82. The zero-order valence-electron chi connectivity index (χ0n) is 17.5. The molecule has 0 aromatic carbocycles. The van der Waals surface area contributed by atoms with Gasteiger partial charge < -0.3 is 13.6 Å². The van der Waals surface area contributed by atoms with Crippen LogP contribution in [0.1, 0.15) is 62.3 Å². The number of nitrogens with one attached hydrogen (secondary N) is 3. The standard InChI is InChI=1S/C14H36N5O4P3/c1-10-21-25(20)17-24(15-13(4,5)6,16-14(7,8)9)18-26(19-25,22-11-2)23-12-3/h15-16H,10-12H2,1-9H3,(H,17,20). The minimum absolute atomic E-state index is 0.247. The lowest BCUT2D eigenvalue weighted by Gasteiger charge is -2.42. The highest BCUT2D eigenvalue weighted by Gasteiger charge is 2.45.